The van der Waals surface area contributed by atoms with Crippen LogP contribution in [0.4, 0.5) is 4.39 Å². The van der Waals surface area contributed by atoms with Gasteiger partial charge in [-0.3, -0.25) is 4.98 Å². The van der Waals surface area contributed by atoms with Crippen LogP contribution in [0, 0.1) is 12.7 Å². The van der Waals surface area contributed by atoms with Gasteiger partial charge >= 0.3 is 0 Å². The Morgan fingerprint density at radius 1 is 1.16 bits per heavy atom. The SMILES string of the molecule is Cc1ccc(O[C@@H]2COc3ccc(OCc4nc5cc(F)ccc5s4)cc3[C@@H]2O)cn1. The third kappa shape index (κ3) is 4.17. The lowest BCUT2D eigenvalue weighted by molar-refractivity contribution is -0.0106. The van der Waals surface area contributed by atoms with Gasteiger partial charge in [-0.25, -0.2) is 9.37 Å². The lowest BCUT2D eigenvalue weighted by atomic mass is 10.0. The summed E-state index contributed by atoms with van der Waals surface area (Å²) >= 11 is 1.45. The Kier molecular flexibility index (Phi) is 5.17. The molecule has 158 valence electrons. The van der Waals surface area contributed by atoms with Gasteiger partial charge in [-0.15, -0.1) is 11.3 Å². The lowest BCUT2D eigenvalue weighted by Crippen LogP contribution is -2.35. The second-order valence-corrected chi connectivity index (χ2v) is 8.37. The Morgan fingerprint density at radius 2 is 2.03 bits per heavy atom. The molecule has 4 aromatic rings. The predicted octanol–water partition coefficient (Wildman–Crippen LogP) is 4.59. The molecule has 6 nitrogen and oxygen atoms in total. The van der Waals surface area contributed by atoms with Crippen LogP contribution in [0.1, 0.15) is 22.4 Å². The van der Waals surface area contributed by atoms with Crippen molar-refractivity contribution in [1.82, 2.24) is 9.97 Å². The molecular weight excluding hydrogens is 419 g/mol. The largest absolute Gasteiger partial charge is 0.489 e. The maximum absolute atomic E-state index is 13.4. The van der Waals surface area contributed by atoms with Gasteiger partial charge in [0.25, 0.3) is 0 Å². The van der Waals surface area contributed by atoms with Crippen LogP contribution in [0.25, 0.3) is 10.2 Å². The average Bonchev–Trinajstić information content (AvgIpc) is 3.18. The number of thiazole rings is 1. The van der Waals surface area contributed by atoms with Crippen LogP contribution in [0.5, 0.6) is 17.2 Å². The van der Waals surface area contributed by atoms with Crippen molar-refractivity contribution in [3.8, 4) is 17.2 Å². The maximum atomic E-state index is 13.4. The first kappa shape index (κ1) is 19.7. The highest BCUT2D eigenvalue weighted by Gasteiger charge is 2.31. The summed E-state index contributed by atoms with van der Waals surface area (Å²) in [6.45, 7) is 2.36. The smallest absolute Gasteiger partial charge is 0.163 e. The minimum atomic E-state index is -0.876. The summed E-state index contributed by atoms with van der Waals surface area (Å²) in [7, 11) is 0. The molecule has 0 saturated heterocycles. The minimum absolute atomic E-state index is 0.227. The molecule has 0 bridgehead atoms. The van der Waals surface area contributed by atoms with Gasteiger partial charge in [-0.05, 0) is 49.4 Å². The molecule has 1 aliphatic heterocycles. The fourth-order valence-corrected chi connectivity index (χ4v) is 4.26. The number of fused-ring (bicyclic) bond motifs is 2. The number of rotatable bonds is 5. The number of aliphatic hydroxyl groups is 1. The first-order valence-electron chi connectivity index (χ1n) is 9.77. The summed E-state index contributed by atoms with van der Waals surface area (Å²) in [6, 6.07) is 13.5. The zero-order chi connectivity index (χ0) is 21.4. The third-order valence-corrected chi connectivity index (χ3v) is 5.99. The quantitative estimate of drug-likeness (QED) is 0.491. The summed E-state index contributed by atoms with van der Waals surface area (Å²) in [6.07, 6.45) is 0.187. The van der Waals surface area contributed by atoms with Crippen molar-refractivity contribution < 1.29 is 23.7 Å². The van der Waals surface area contributed by atoms with E-state index >= 15 is 0 Å². The van der Waals surface area contributed by atoms with Gasteiger partial charge in [0.15, 0.2) is 6.10 Å². The molecule has 0 aliphatic carbocycles. The molecule has 5 rings (SSSR count). The van der Waals surface area contributed by atoms with Crippen molar-refractivity contribution in [2.75, 3.05) is 6.61 Å². The van der Waals surface area contributed by atoms with Crippen molar-refractivity contribution >= 4 is 21.6 Å². The highest BCUT2D eigenvalue weighted by molar-refractivity contribution is 7.18. The van der Waals surface area contributed by atoms with E-state index in [1.54, 1.807) is 30.5 Å². The van der Waals surface area contributed by atoms with Gasteiger partial charge in [-0.2, -0.15) is 0 Å². The lowest BCUT2D eigenvalue weighted by Gasteiger charge is -2.30. The maximum Gasteiger partial charge on any atom is 0.163 e. The molecule has 2 aromatic carbocycles. The van der Waals surface area contributed by atoms with Gasteiger partial charge < -0.3 is 19.3 Å². The summed E-state index contributed by atoms with van der Waals surface area (Å²) in [5.74, 6) is 1.43. The normalized spacial score (nSPS) is 17.8. The van der Waals surface area contributed by atoms with E-state index in [4.69, 9.17) is 14.2 Å². The Balaban J connectivity index is 1.30. The molecular formula is C23H19FN2O4S. The molecule has 0 amide bonds. The number of aromatic nitrogens is 2. The number of pyridine rings is 1. The zero-order valence-corrected chi connectivity index (χ0v) is 17.4. The summed E-state index contributed by atoms with van der Waals surface area (Å²) in [5.41, 5.74) is 2.10. The average molecular weight is 438 g/mol. The van der Waals surface area contributed by atoms with Crippen molar-refractivity contribution in [3.05, 3.63) is 76.8 Å². The van der Waals surface area contributed by atoms with Crippen molar-refractivity contribution in [1.29, 1.82) is 0 Å². The van der Waals surface area contributed by atoms with Crippen LogP contribution in [0.15, 0.2) is 54.7 Å². The molecule has 0 spiro atoms. The summed E-state index contributed by atoms with van der Waals surface area (Å²) in [5, 5.41) is 11.6. The highest BCUT2D eigenvalue weighted by Crippen LogP contribution is 2.36. The molecule has 0 radical (unpaired) electrons. The fourth-order valence-electron chi connectivity index (χ4n) is 3.39. The van der Waals surface area contributed by atoms with Crippen molar-refractivity contribution in [2.24, 2.45) is 0 Å². The number of hydrogen-bond acceptors (Lipinski definition) is 7. The second-order valence-electron chi connectivity index (χ2n) is 7.26. The number of benzene rings is 2. The van der Waals surface area contributed by atoms with E-state index in [0.29, 0.717) is 28.3 Å². The Labute approximate surface area is 181 Å². The zero-order valence-electron chi connectivity index (χ0n) is 16.6. The van der Waals surface area contributed by atoms with Gasteiger partial charge in [0.1, 0.15) is 47.4 Å². The molecule has 2 aromatic heterocycles. The van der Waals surface area contributed by atoms with E-state index in [9.17, 15) is 9.50 Å². The van der Waals surface area contributed by atoms with Gasteiger partial charge in [0.05, 0.1) is 16.4 Å². The Bertz CT molecular complexity index is 1230. The first-order valence-corrected chi connectivity index (χ1v) is 10.6. The van der Waals surface area contributed by atoms with E-state index in [1.165, 1.54) is 23.5 Å². The molecule has 2 atom stereocenters. The second kappa shape index (κ2) is 8.13. The number of aliphatic hydroxyl groups excluding tert-OH is 1. The number of ether oxygens (including phenoxy) is 3. The number of hydrogen-bond donors (Lipinski definition) is 1. The van der Waals surface area contributed by atoms with Crippen molar-refractivity contribution in [2.45, 2.75) is 25.7 Å². The van der Waals surface area contributed by atoms with E-state index in [2.05, 4.69) is 9.97 Å². The Morgan fingerprint density at radius 3 is 2.87 bits per heavy atom. The van der Waals surface area contributed by atoms with Gasteiger partial charge in [0.2, 0.25) is 0 Å². The number of aryl methyl sites for hydroxylation is 1. The van der Waals surface area contributed by atoms with Crippen LogP contribution in [-0.4, -0.2) is 27.8 Å². The van der Waals surface area contributed by atoms with E-state index in [1.807, 2.05) is 19.1 Å². The molecule has 0 fully saturated rings. The topological polar surface area (TPSA) is 73.7 Å². The number of nitrogens with zero attached hydrogens (tertiary/aromatic N) is 2. The van der Waals surface area contributed by atoms with E-state index in [0.717, 1.165) is 15.4 Å². The van der Waals surface area contributed by atoms with Crippen LogP contribution in [0.2, 0.25) is 0 Å². The van der Waals surface area contributed by atoms with Gasteiger partial charge in [-0.1, -0.05) is 0 Å². The standard InChI is InChI=1S/C23H19FN2O4S/c1-13-2-4-16(10-25-13)30-20-11-29-19-6-5-15(9-17(19)23(20)27)28-12-22-26-18-8-14(24)3-7-21(18)31-22/h2-10,20,23,27H,11-12H2,1H3/t20-,23+/m1/s1. The van der Waals surface area contributed by atoms with E-state index in [-0.39, 0.29) is 19.0 Å². The van der Waals surface area contributed by atoms with Crippen molar-refractivity contribution in [3.63, 3.8) is 0 Å². The number of halogens is 1. The molecule has 0 unspecified atom stereocenters. The van der Waals surface area contributed by atoms with Crippen LogP contribution < -0.4 is 14.2 Å². The molecule has 31 heavy (non-hydrogen) atoms. The summed E-state index contributed by atoms with van der Waals surface area (Å²) in [4.78, 5) is 8.62. The van der Waals surface area contributed by atoms with Crippen LogP contribution in [-0.2, 0) is 6.61 Å². The van der Waals surface area contributed by atoms with Crippen LogP contribution in [0.3, 0.4) is 0 Å². The molecule has 1 aliphatic rings. The fraction of sp³-hybridized carbons (Fsp3) is 0.217. The monoisotopic (exact) mass is 438 g/mol. The highest BCUT2D eigenvalue weighted by atomic mass is 32.1. The van der Waals surface area contributed by atoms with E-state index < -0.39 is 12.2 Å². The molecule has 8 heteroatoms. The Hall–Kier alpha value is -3.23. The third-order valence-electron chi connectivity index (χ3n) is 4.98. The van der Waals surface area contributed by atoms with Gasteiger partial charge in [0, 0.05) is 17.3 Å². The summed E-state index contributed by atoms with van der Waals surface area (Å²) < 4.78 is 31.8. The predicted molar refractivity (Wildman–Crippen MR) is 114 cm³/mol. The minimum Gasteiger partial charge on any atom is -0.489 e. The van der Waals surface area contributed by atoms with Crippen LogP contribution >= 0.6 is 11.3 Å². The molecule has 1 N–H and O–H groups in total. The molecule has 3 heterocycles. The molecule has 0 saturated carbocycles. The first-order chi connectivity index (χ1) is 15.0.